The first kappa shape index (κ1) is 9.97. The van der Waals surface area contributed by atoms with Crippen LogP contribution < -0.4 is 5.73 Å². The minimum absolute atomic E-state index is 0.392. The average molecular weight is 245 g/mol. The molecule has 0 atom stereocenters. The number of nitrogens with one attached hydrogen (secondary N) is 1. The lowest BCUT2D eigenvalue weighted by Crippen LogP contribution is -1.93. The van der Waals surface area contributed by atoms with E-state index in [4.69, 9.17) is 5.73 Å². The van der Waals surface area contributed by atoms with Gasteiger partial charge in [-0.15, -0.1) is 10.2 Å². The lowest BCUT2D eigenvalue weighted by Gasteiger charge is -1.99. The molecule has 0 aliphatic rings. The first-order chi connectivity index (χ1) is 8.33. The molecule has 3 aromatic heterocycles. The molecule has 0 fully saturated rings. The lowest BCUT2D eigenvalue weighted by molar-refractivity contribution is 0.935. The number of anilines is 1. The van der Waals surface area contributed by atoms with Crippen LogP contribution >= 0.6 is 11.8 Å². The van der Waals surface area contributed by atoms with Gasteiger partial charge in [-0.05, 0) is 23.9 Å². The van der Waals surface area contributed by atoms with Gasteiger partial charge in [0, 0.05) is 0 Å². The number of H-pyrrole nitrogens is 1. The molecule has 0 bridgehead atoms. The summed E-state index contributed by atoms with van der Waals surface area (Å²) in [5.41, 5.74) is 6.89. The zero-order chi connectivity index (χ0) is 11.7. The Morgan fingerprint density at radius 2 is 2.06 bits per heavy atom. The fourth-order valence-corrected chi connectivity index (χ4v) is 2.07. The van der Waals surface area contributed by atoms with Crippen LogP contribution in [0.2, 0.25) is 0 Å². The maximum Gasteiger partial charge on any atom is 0.181 e. The molecule has 0 aliphatic carbocycles. The molecule has 3 heterocycles. The van der Waals surface area contributed by atoms with E-state index in [0.717, 1.165) is 10.5 Å². The van der Waals surface area contributed by atoms with E-state index in [1.807, 2.05) is 0 Å². The number of hydrogen-bond donors (Lipinski definition) is 2. The van der Waals surface area contributed by atoms with E-state index in [-0.39, 0.29) is 0 Å². The minimum atomic E-state index is 0.392. The molecule has 3 rings (SSSR count). The van der Waals surface area contributed by atoms with Crippen molar-refractivity contribution in [2.45, 2.75) is 10.1 Å². The van der Waals surface area contributed by atoms with E-state index in [1.165, 1.54) is 18.1 Å². The van der Waals surface area contributed by atoms with Crippen LogP contribution in [0, 0.1) is 0 Å². The SMILES string of the molecule is Nc1ccc(Sc2ncnc3nc[nH]c23)nn1. The van der Waals surface area contributed by atoms with Crippen molar-refractivity contribution in [3.63, 3.8) is 0 Å². The Bertz CT molecular complexity index is 648. The zero-order valence-corrected chi connectivity index (χ0v) is 9.35. The first-order valence-corrected chi connectivity index (χ1v) is 5.56. The van der Waals surface area contributed by atoms with Crippen LogP contribution in [0.4, 0.5) is 5.82 Å². The summed E-state index contributed by atoms with van der Waals surface area (Å²) < 4.78 is 0. The van der Waals surface area contributed by atoms with Crippen molar-refractivity contribution in [1.82, 2.24) is 30.1 Å². The number of imidazole rings is 1. The van der Waals surface area contributed by atoms with Crippen LogP contribution in [0.5, 0.6) is 0 Å². The smallest absolute Gasteiger partial charge is 0.181 e. The second kappa shape index (κ2) is 3.98. The highest BCUT2D eigenvalue weighted by atomic mass is 32.2. The molecular formula is C9H7N7S. The summed E-state index contributed by atoms with van der Waals surface area (Å²) in [6.45, 7) is 0. The molecule has 0 spiro atoms. The highest BCUT2D eigenvalue weighted by molar-refractivity contribution is 7.99. The van der Waals surface area contributed by atoms with Crippen molar-refractivity contribution >= 4 is 28.7 Å². The van der Waals surface area contributed by atoms with Gasteiger partial charge in [-0.25, -0.2) is 15.0 Å². The molecule has 0 amide bonds. The van der Waals surface area contributed by atoms with Crippen molar-refractivity contribution in [1.29, 1.82) is 0 Å². The third-order valence-electron chi connectivity index (χ3n) is 2.05. The van der Waals surface area contributed by atoms with Gasteiger partial charge in [0.05, 0.1) is 6.33 Å². The quantitative estimate of drug-likeness (QED) is 0.645. The van der Waals surface area contributed by atoms with Crippen LogP contribution in [0.1, 0.15) is 0 Å². The van der Waals surface area contributed by atoms with E-state index in [1.54, 1.807) is 18.5 Å². The normalized spacial score (nSPS) is 10.8. The molecule has 0 saturated carbocycles. The zero-order valence-electron chi connectivity index (χ0n) is 8.53. The monoisotopic (exact) mass is 245 g/mol. The Hall–Kier alpha value is -2.22. The molecule has 0 saturated heterocycles. The maximum atomic E-state index is 5.47. The van der Waals surface area contributed by atoms with Crippen LogP contribution in [0.25, 0.3) is 11.2 Å². The fourth-order valence-electron chi connectivity index (χ4n) is 1.30. The van der Waals surface area contributed by atoms with Gasteiger partial charge in [-0.3, -0.25) is 0 Å². The molecule has 84 valence electrons. The molecular weight excluding hydrogens is 238 g/mol. The Morgan fingerprint density at radius 3 is 2.88 bits per heavy atom. The second-order valence-electron chi connectivity index (χ2n) is 3.18. The molecule has 3 N–H and O–H groups in total. The van der Waals surface area contributed by atoms with E-state index in [2.05, 4.69) is 30.1 Å². The molecule has 0 aliphatic heterocycles. The average Bonchev–Trinajstić information content (AvgIpc) is 2.81. The van der Waals surface area contributed by atoms with Crippen LogP contribution in [0.3, 0.4) is 0 Å². The van der Waals surface area contributed by atoms with Gasteiger partial charge in [-0.1, -0.05) is 0 Å². The molecule has 3 aromatic rings. The number of aromatic nitrogens is 6. The largest absolute Gasteiger partial charge is 0.382 e. The Morgan fingerprint density at radius 1 is 1.12 bits per heavy atom. The van der Waals surface area contributed by atoms with Crippen LogP contribution in [-0.2, 0) is 0 Å². The Labute approximate surface area is 99.9 Å². The van der Waals surface area contributed by atoms with Gasteiger partial charge in [0.15, 0.2) is 5.65 Å². The predicted octanol–water partition coefficient (Wildman–Crippen LogP) is 0.876. The summed E-state index contributed by atoms with van der Waals surface area (Å²) in [7, 11) is 0. The lowest BCUT2D eigenvalue weighted by atomic mass is 10.5. The Balaban J connectivity index is 1.99. The van der Waals surface area contributed by atoms with Crippen LogP contribution in [-0.4, -0.2) is 30.1 Å². The van der Waals surface area contributed by atoms with Crippen molar-refractivity contribution in [2.75, 3.05) is 5.73 Å². The highest BCUT2D eigenvalue weighted by Gasteiger charge is 2.08. The molecule has 7 nitrogen and oxygen atoms in total. The number of nitrogens with zero attached hydrogens (tertiary/aromatic N) is 5. The van der Waals surface area contributed by atoms with Crippen molar-refractivity contribution < 1.29 is 0 Å². The van der Waals surface area contributed by atoms with Crippen molar-refractivity contribution in [3.05, 3.63) is 24.8 Å². The second-order valence-corrected chi connectivity index (χ2v) is 4.19. The summed E-state index contributed by atoms with van der Waals surface area (Å²) in [5.74, 6) is 0.392. The number of aromatic amines is 1. The van der Waals surface area contributed by atoms with Crippen molar-refractivity contribution in [2.24, 2.45) is 0 Å². The molecule has 0 unspecified atom stereocenters. The standard InChI is InChI=1S/C9H7N7S/c10-5-1-2-6(16-15-5)17-9-7-8(12-3-11-7)13-4-14-9/h1-4H,(H2,10,15)(H,11,12,13,14). The summed E-state index contributed by atoms with van der Waals surface area (Å²) in [6, 6.07) is 3.48. The van der Waals surface area contributed by atoms with Gasteiger partial charge in [-0.2, -0.15) is 0 Å². The summed E-state index contributed by atoms with van der Waals surface area (Å²) in [6.07, 6.45) is 3.05. The third-order valence-corrected chi connectivity index (χ3v) is 2.98. The molecule has 0 radical (unpaired) electrons. The number of nitrogen functional groups attached to an aromatic ring is 1. The van der Waals surface area contributed by atoms with Gasteiger partial charge in [0.25, 0.3) is 0 Å². The number of nitrogens with two attached hydrogens (primary N) is 1. The minimum Gasteiger partial charge on any atom is -0.382 e. The van der Waals surface area contributed by atoms with Gasteiger partial charge in [0.2, 0.25) is 0 Å². The molecule has 17 heavy (non-hydrogen) atoms. The van der Waals surface area contributed by atoms with Gasteiger partial charge < -0.3 is 10.7 Å². The predicted molar refractivity (Wildman–Crippen MR) is 62.3 cm³/mol. The van der Waals surface area contributed by atoms with E-state index in [9.17, 15) is 0 Å². The van der Waals surface area contributed by atoms with E-state index in [0.29, 0.717) is 16.5 Å². The Kier molecular flexibility index (Phi) is 2.33. The fraction of sp³-hybridized carbons (Fsp3) is 0. The highest BCUT2D eigenvalue weighted by Crippen LogP contribution is 2.27. The van der Waals surface area contributed by atoms with Crippen LogP contribution in [0.15, 0.2) is 34.8 Å². The van der Waals surface area contributed by atoms with E-state index >= 15 is 0 Å². The van der Waals surface area contributed by atoms with Crippen molar-refractivity contribution in [3.8, 4) is 0 Å². The maximum absolute atomic E-state index is 5.47. The number of rotatable bonds is 2. The summed E-state index contributed by atoms with van der Waals surface area (Å²) >= 11 is 1.38. The topological polar surface area (TPSA) is 106 Å². The third kappa shape index (κ3) is 1.89. The summed E-state index contributed by atoms with van der Waals surface area (Å²) in [4.78, 5) is 15.3. The van der Waals surface area contributed by atoms with E-state index < -0.39 is 0 Å². The summed E-state index contributed by atoms with van der Waals surface area (Å²) in [5, 5.41) is 9.21. The van der Waals surface area contributed by atoms with Gasteiger partial charge in [0.1, 0.15) is 27.7 Å². The molecule has 8 heteroatoms. The number of hydrogen-bond acceptors (Lipinski definition) is 7. The first-order valence-electron chi connectivity index (χ1n) is 4.74. The molecule has 0 aromatic carbocycles. The number of fused-ring (bicyclic) bond motifs is 1. The van der Waals surface area contributed by atoms with Gasteiger partial charge >= 0.3 is 0 Å².